The van der Waals surface area contributed by atoms with E-state index in [9.17, 15) is 4.79 Å². The zero-order valence-corrected chi connectivity index (χ0v) is 10.9. The average Bonchev–Trinajstić information content (AvgIpc) is 2.38. The van der Waals surface area contributed by atoms with Crippen molar-refractivity contribution in [2.24, 2.45) is 5.73 Å². The van der Waals surface area contributed by atoms with Crippen LogP contribution < -0.4 is 11.1 Å². The zero-order valence-electron chi connectivity index (χ0n) is 10.9. The summed E-state index contributed by atoms with van der Waals surface area (Å²) >= 11 is 0. The first-order chi connectivity index (χ1) is 8.58. The van der Waals surface area contributed by atoms with E-state index in [1.54, 1.807) is 13.2 Å². The van der Waals surface area contributed by atoms with Gasteiger partial charge in [-0.25, -0.2) is 9.97 Å². The van der Waals surface area contributed by atoms with E-state index in [-0.39, 0.29) is 11.8 Å². The number of nitrogens with one attached hydrogen (secondary N) is 1. The third kappa shape index (κ3) is 2.22. The topological polar surface area (TPSA) is 80.9 Å². The molecule has 1 aliphatic carbocycles. The van der Waals surface area contributed by atoms with E-state index in [0.29, 0.717) is 12.2 Å². The van der Waals surface area contributed by atoms with Gasteiger partial charge in [0.2, 0.25) is 5.91 Å². The Bertz CT molecular complexity index is 448. The molecule has 18 heavy (non-hydrogen) atoms. The molecule has 5 heteroatoms. The van der Waals surface area contributed by atoms with Crippen LogP contribution in [0, 0.1) is 6.92 Å². The predicted octanol–water partition coefficient (Wildman–Crippen LogP) is 0.886. The van der Waals surface area contributed by atoms with Crippen molar-refractivity contribution in [3.05, 3.63) is 23.8 Å². The van der Waals surface area contributed by atoms with Gasteiger partial charge in [0.15, 0.2) is 0 Å². The van der Waals surface area contributed by atoms with Gasteiger partial charge < -0.3 is 11.1 Å². The second kappa shape index (κ2) is 5.02. The van der Waals surface area contributed by atoms with Gasteiger partial charge in [-0.2, -0.15) is 0 Å². The first-order valence-corrected chi connectivity index (χ1v) is 6.38. The lowest BCUT2D eigenvalue weighted by molar-refractivity contribution is -0.127. The Morgan fingerprint density at radius 2 is 2.33 bits per heavy atom. The van der Waals surface area contributed by atoms with Crippen LogP contribution >= 0.6 is 0 Å². The van der Waals surface area contributed by atoms with Crippen molar-refractivity contribution >= 4 is 5.91 Å². The molecule has 2 atom stereocenters. The molecule has 1 fully saturated rings. The minimum Gasteiger partial charge on any atom is -0.358 e. The van der Waals surface area contributed by atoms with E-state index in [1.165, 1.54) is 0 Å². The quantitative estimate of drug-likeness (QED) is 0.814. The fourth-order valence-corrected chi connectivity index (χ4v) is 2.70. The fraction of sp³-hybridized carbons (Fsp3) is 0.615. The number of rotatable bonds is 2. The van der Waals surface area contributed by atoms with Crippen LogP contribution in [0.25, 0.3) is 0 Å². The molecule has 3 N–H and O–H groups in total. The van der Waals surface area contributed by atoms with Gasteiger partial charge in [0, 0.05) is 24.9 Å². The Morgan fingerprint density at radius 1 is 1.56 bits per heavy atom. The van der Waals surface area contributed by atoms with Crippen molar-refractivity contribution in [2.75, 3.05) is 7.05 Å². The Labute approximate surface area is 107 Å². The molecule has 2 unspecified atom stereocenters. The van der Waals surface area contributed by atoms with Gasteiger partial charge in [0.25, 0.3) is 0 Å². The minimum atomic E-state index is -0.874. The van der Waals surface area contributed by atoms with Crippen molar-refractivity contribution in [1.29, 1.82) is 0 Å². The number of amides is 1. The normalized spacial score (nSPS) is 27.8. The molecule has 0 aliphatic heterocycles. The van der Waals surface area contributed by atoms with Gasteiger partial charge >= 0.3 is 0 Å². The van der Waals surface area contributed by atoms with Crippen LogP contribution in [0.1, 0.15) is 43.1 Å². The summed E-state index contributed by atoms with van der Waals surface area (Å²) in [4.78, 5) is 20.8. The summed E-state index contributed by atoms with van der Waals surface area (Å²) in [6.45, 7) is 1.92. The van der Waals surface area contributed by atoms with Crippen LogP contribution in [-0.4, -0.2) is 28.5 Å². The number of nitrogens with two attached hydrogens (primary N) is 1. The molecule has 2 rings (SSSR count). The van der Waals surface area contributed by atoms with Gasteiger partial charge in [-0.05, 0) is 25.8 Å². The lowest BCUT2D eigenvalue weighted by Crippen LogP contribution is -2.58. The summed E-state index contributed by atoms with van der Waals surface area (Å²) in [5, 5.41) is 2.67. The second-order valence-electron chi connectivity index (χ2n) is 4.97. The molecule has 0 spiro atoms. The van der Waals surface area contributed by atoms with Crippen LogP contribution in [-0.2, 0) is 4.79 Å². The molecule has 1 heterocycles. The summed E-state index contributed by atoms with van der Waals surface area (Å²) in [5.74, 6) is 0.490. The van der Waals surface area contributed by atoms with Crippen molar-refractivity contribution in [3.63, 3.8) is 0 Å². The molecule has 1 saturated carbocycles. The Hall–Kier alpha value is -1.49. The third-order valence-electron chi connectivity index (χ3n) is 3.73. The number of carbonyl (C=O) groups excluding carboxylic acids is 1. The Morgan fingerprint density at radius 3 is 3.00 bits per heavy atom. The maximum atomic E-state index is 12.1. The number of aromatic nitrogens is 2. The molecular formula is C13H20N4O. The van der Waals surface area contributed by atoms with Crippen molar-refractivity contribution in [2.45, 2.75) is 44.1 Å². The van der Waals surface area contributed by atoms with Gasteiger partial charge in [-0.3, -0.25) is 4.79 Å². The fourth-order valence-electron chi connectivity index (χ4n) is 2.70. The standard InChI is InChI=1S/C13H20N4O/c1-9-6-8-16-11(17-9)10-5-3-4-7-13(10,14)12(18)15-2/h6,8,10H,3-5,7,14H2,1-2H3,(H,15,18). The highest BCUT2D eigenvalue weighted by molar-refractivity contribution is 5.87. The Balaban J connectivity index is 2.36. The van der Waals surface area contributed by atoms with E-state index in [4.69, 9.17) is 5.73 Å². The van der Waals surface area contributed by atoms with E-state index >= 15 is 0 Å². The molecule has 1 aromatic rings. The summed E-state index contributed by atoms with van der Waals surface area (Å²) in [5.41, 5.74) is 6.38. The summed E-state index contributed by atoms with van der Waals surface area (Å²) < 4.78 is 0. The van der Waals surface area contributed by atoms with Gasteiger partial charge in [-0.1, -0.05) is 12.8 Å². The summed E-state index contributed by atoms with van der Waals surface area (Å²) in [7, 11) is 1.62. The SMILES string of the molecule is CNC(=O)C1(N)CCCCC1c1nccc(C)n1. The molecule has 5 nitrogen and oxygen atoms in total. The van der Waals surface area contributed by atoms with Crippen LogP contribution in [0.15, 0.2) is 12.3 Å². The molecule has 1 aliphatic rings. The molecule has 0 radical (unpaired) electrons. The van der Waals surface area contributed by atoms with Crippen molar-refractivity contribution < 1.29 is 4.79 Å². The zero-order chi connectivity index (χ0) is 13.2. The summed E-state index contributed by atoms with van der Waals surface area (Å²) in [6, 6.07) is 1.85. The largest absolute Gasteiger partial charge is 0.358 e. The molecular weight excluding hydrogens is 228 g/mol. The van der Waals surface area contributed by atoms with Gasteiger partial charge in [0.05, 0.1) is 0 Å². The maximum Gasteiger partial charge on any atom is 0.240 e. The third-order valence-corrected chi connectivity index (χ3v) is 3.73. The van der Waals surface area contributed by atoms with Gasteiger partial charge in [0.1, 0.15) is 11.4 Å². The van der Waals surface area contributed by atoms with E-state index in [1.807, 2.05) is 13.0 Å². The van der Waals surface area contributed by atoms with E-state index in [2.05, 4.69) is 15.3 Å². The van der Waals surface area contributed by atoms with E-state index < -0.39 is 5.54 Å². The number of hydrogen-bond acceptors (Lipinski definition) is 4. The highest BCUT2D eigenvalue weighted by Gasteiger charge is 2.45. The summed E-state index contributed by atoms with van der Waals surface area (Å²) in [6.07, 6.45) is 5.34. The van der Waals surface area contributed by atoms with E-state index in [0.717, 1.165) is 25.0 Å². The van der Waals surface area contributed by atoms with Crippen LogP contribution in [0.4, 0.5) is 0 Å². The average molecular weight is 248 g/mol. The molecule has 1 aromatic heterocycles. The number of likely N-dealkylation sites (N-methyl/N-ethyl adjacent to an activating group) is 1. The number of nitrogens with zero attached hydrogens (tertiary/aromatic N) is 2. The lowest BCUT2D eigenvalue weighted by atomic mass is 9.72. The molecule has 0 aromatic carbocycles. The predicted molar refractivity (Wildman–Crippen MR) is 69.0 cm³/mol. The Kier molecular flexibility index (Phi) is 3.61. The van der Waals surface area contributed by atoms with Crippen LogP contribution in [0.2, 0.25) is 0 Å². The minimum absolute atomic E-state index is 0.0916. The van der Waals surface area contributed by atoms with Crippen LogP contribution in [0.3, 0.4) is 0 Å². The second-order valence-corrected chi connectivity index (χ2v) is 4.97. The first kappa shape index (κ1) is 13.0. The maximum absolute atomic E-state index is 12.1. The number of carbonyl (C=O) groups is 1. The molecule has 1 amide bonds. The number of hydrogen-bond donors (Lipinski definition) is 2. The van der Waals surface area contributed by atoms with Crippen molar-refractivity contribution in [3.8, 4) is 0 Å². The molecule has 98 valence electrons. The number of aryl methyl sites for hydroxylation is 1. The van der Waals surface area contributed by atoms with Crippen molar-refractivity contribution in [1.82, 2.24) is 15.3 Å². The van der Waals surface area contributed by atoms with Gasteiger partial charge in [-0.15, -0.1) is 0 Å². The molecule has 0 bridgehead atoms. The smallest absolute Gasteiger partial charge is 0.240 e. The lowest BCUT2D eigenvalue weighted by Gasteiger charge is -2.38. The van der Waals surface area contributed by atoms with Crippen LogP contribution in [0.5, 0.6) is 0 Å². The monoisotopic (exact) mass is 248 g/mol. The highest BCUT2D eigenvalue weighted by atomic mass is 16.2. The first-order valence-electron chi connectivity index (χ1n) is 6.38. The molecule has 0 saturated heterocycles. The highest BCUT2D eigenvalue weighted by Crippen LogP contribution is 2.38.